The Bertz CT molecular complexity index is 945. The number of benzene rings is 2. The molecule has 0 radical (unpaired) electrons. The van der Waals surface area contributed by atoms with Gasteiger partial charge < -0.3 is 10.2 Å². The SMILES string of the molecule is CN(C)[C@@H](CNC(=O)c1cc(Cl)nc2ccccc12)c1cccc(F)c1. The van der Waals surface area contributed by atoms with E-state index in [9.17, 15) is 9.18 Å². The van der Waals surface area contributed by atoms with Gasteiger partial charge in [-0.3, -0.25) is 4.79 Å². The first-order chi connectivity index (χ1) is 12.5. The summed E-state index contributed by atoms with van der Waals surface area (Å²) in [5.74, 6) is -0.540. The van der Waals surface area contributed by atoms with Gasteiger partial charge in [0, 0.05) is 11.9 Å². The summed E-state index contributed by atoms with van der Waals surface area (Å²) in [4.78, 5) is 18.9. The third-order valence-electron chi connectivity index (χ3n) is 4.24. The van der Waals surface area contributed by atoms with Gasteiger partial charge in [-0.05, 0) is 43.9 Å². The van der Waals surface area contributed by atoms with Gasteiger partial charge in [0.15, 0.2) is 0 Å². The van der Waals surface area contributed by atoms with Crippen LogP contribution < -0.4 is 5.32 Å². The fourth-order valence-corrected chi connectivity index (χ4v) is 3.13. The van der Waals surface area contributed by atoms with Crippen molar-refractivity contribution in [2.45, 2.75) is 6.04 Å². The van der Waals surface area contributed by atoms with Crippen molar-refractivity contribution in [3.05, 3.63) is 76.7 Å². The maximum absolute atomic E-state index is 13.5. The summed E-state index contributed by atoms with van der Waals surface area (Å²) in [7, 11) is 3.78. The quantitative estimate of drug-likeness (QED) is 0.688. The van der Waals surface area contributed by atoms with Gasteiger partial charge in [-0.1, -0.05) is 41.9 Å². The van der Waals surface area contributed by atoms with Crippen molar-refractivity contribution in [1.82, 2.24) is 15.2 Å². The molecule has 3 aromatic rings. The number of halogens is 2. The van der Waals surface area contributed by atoms with Crippen LogP contribution in [-0.2, 0) is 0 Å². The molecule has 134 valence electrons. The molecule has 0 saturated heterocycles. The van der Waals surface area contributed by atoms with Gasteiger partial charge in [-0.15, -0.1) is 0 Å². The number of carbonyl (C=O) groups excluding carboxylic acids is 1. The molecule has 0 aliphatic carbocycles. The average Bonchev–Trinajstić information content (AvgIpc) is 2.60. The van der Waals surface area contributed by atoms with E-state index in [1.165, 1.54) is 12.1 Å². The molecule has 4 nitrogen and oxygen atoms in total. The molecule has 1 aromatic heterocycles. The van der Waals surface area contributed by atoms with E-state index in [1.54, 1.807) is 12.1 Å². The molecule has 1 amide bonds. The van der Waals surface area contributed by atoms with Crippen LogP contribution in [0.4, 0.5) is 4.39 Å². The van der Waals surface area contributed by atoms with Crippen LogP contribution in [0.15, 0.2) is 54.6 Å². The Hall–Kier alpha value is -2.50. The van der Waals surface area contributed by atoms with E-state index in [1.807, 2.05) is 49.3 Å². The first-order valence-corrected chi connectivity index (χ1v) is 8.59. The first kappa shape index (κ1) is 18.3. The van der Waals surface area contributed by atoms with E-state index in [0.29, 0.717) is 17.6 Å². The van der Waals surface area contributed by atoms with E-state index < -0.39 is 0 Å². The van der Waals surface area contributed by atoms with Crippen LogP contribution in [0.25, 0.3) is 10.9 Å². The number of pyridine rings is 1. The number of nitrogens with zero attached hydrogens (tertiary/aromatic N) is 2. The monoisotopic (exact) mass is 371 g/mol. The van der Waals surface area contributed by atoms with Gasteiger partial charge in [0.2, 0.25) is 0 Å². The van der Waals surface area contributed by atoms with E-state index in [4.69, 9.17) is 11.6 Å². The van der Waals surface area contributed by atoms with Crippen LogP contribution in [0.2, 0.25) is 5.15 Å². The Morgan fingerprint density at radius 1 is 1.19 bits per heavy atom. The Labute approximate surface area is 156 Å². The molecule has 1 heterocycles. The minimum Gasteiger partial charge on any atom is -0.350 e. The van der Waals surface area contributed by atoms with E-state index in [-0.39, 0.29) is 22.9 Å². The topological polar surface area (TPSA) is 45.2 Å². The second kappa shape index (κ2) is 7.81. The lowest BCUT2D eigenvalue weighted by Gasteiger charge is -2.25. The summed E-state index contributed by atoms with van der Waals surface area (Å²) in [6, 6.07) is 15.2. The van der Waals surface area contributed by atoms with Crippen molar-refractivity contribution in [3.8, 4) is 0 Å². The molecule has 0 spiro atoms. The van der Waals surface area contributed by atoms with Crippen molar-refractivity contribution < 1.29 is 9.18 Å². The van der Waals surface area contributed by atoms with Crippen LogP contribution in [0.5, 0.6) is 0 Å². The zero-order chi connectivity index (χ0) is 18.7. The molecule has 0 aliphatic rings. The minimum atomic E-state index is -0.299. The molecule has 2 aromatic carbocycles. The van der Waals surface area contributed by atoms with Crippen LogP contribution >= 0.6 is 11.6 Å². The maximum Gasteiger partial charge on any atom is 0.252 e. The molecule has 0 saturated carbocycles. The number of likely N-dealkylation sites (N-methyl/N-ethyl adjacent to an activating group) is 1. The fourth-order valence-electron chi connectivity index (χ4n) is 2.93. The molecule has 1 N–H and O–H groups in total. The molecule has 0 unspecified atom stereocenters. The number of nitrogens with one attached hydrogen (secondary N) is 1. The number of amides is 1. The molecule has 3 rings (SSSR count). The predicted octanol–water partition coefficient (Wildman–Crippen LogP) is 4.06. The third-order valence-corrected chi connectivity index (χ3v) is 4.44. The lowest BCUT2D eigenvalue weighted by Crippen LogP contribution is -2.34. The summed E-state index contributed by atoms with van der Waals surface area (Å²) in [6.45, 7) is 0.337. The maximum atomic E-state index is 13.5. The van der Waals surface area contributed by atoms with Crippen LogP contribution in [0.3, 0.4) is 0 Å². The highest BCUT2D eigenvalue weighted by molar-refractivity contribution is 6.30. The number of aromatic nitrogens is 1. The van der Waals surface area contributed by atoms with Crippen LogP contribution in [0.1, 0.15) is 22.0 Å². The number of para-hydroxylation sites is 1. The van der Waals surface area contributed by atoms with Crippen LogP contribution in [0, 0.1) is 5.82 Å². The molecule has 0 bridgehead atoms. The molecule has 1 atom stereocenters. The van der Waals surface area contributed by atoms with Gasteiger partial charge in [0.05, 0.1) is 17.1 Å². The summed E-state index contributed by atoms with van der Waals surface area (Å²) in [5, 5.41) is 3.93. The fraction of sp³-hybridized carbons (Fsp3) is 0.200. The van der Waals surface area contributed by atoms with Crippen molar-refractivity contribution in [1.29, 1.82) is 0 Å². The van der Waals surface area contributed by atoms with E-state index in [0.717, 1.165) is 10.9 Å². The number of carbonyl (C=O) groups is 1. The molecule has 26 heavy (non-hydrogen) atoms. The number of hydrogen-bond acceptors (Lipinski definition) is 3. The summed E-state index contributed by atoms with van der Waals surface area (Å²) < 4.78 is 13.5. The molecule has 0 aliphatic heterocycles. The molecule has 6 heteroatoms. The molecular weight excluding hydrogens is 353 g/mol. The number of rotatable bonds is 5. The summed E-state index contributed by atoms with van der Waals surface area (Å²) >= 11 is 6.05. The lowest BCUT2D eigenvalue weighted by molar-refractivity contribution is 0.0943. The standard InChI is InChI=1S/C20H19ClFN3O/c1-25(2)18(13-6-5-7-14(22)10-13)12-23-20(26)16-11-19(21)24-17-9-4-3-8-15(16)17/h3-11,18H,12H2,1-2H3,(H,23,26)/t18-/m0/s1. The lowest BCUT2D eigenvalue weighted by atomic mass is 10.0. The Balaban J connectivity index is 1.83. The third kappa shape index (κ3) is 4.00. The second-order valence-corrected chi connectivity index (χ2v) is 6.64. The highest BCUT2D eigenvalue weighted by Crippen LogP contribution is 2.22. The number of fused-ring (bicyclic) bond motifs is 1. The zero-order valence-corrected chi connectivity index (χ0v) is 15.3. The summed E-state index contributed by atoms with van der Waals surface area (Å²) in [6.07, 6.45) is 0. The highest BCUT2D eigenvalue weighted by atomic mass is 35.5. The second-order valence-electron chi connectivity index (χ2n) is 6.25. The van der Waals surface area contributed by atoms with Gasteiger partial charge in [0.1, 0.15) is 11.0 Å². The van der Waals surface area contributed by atoms with Crippen molar-refractivity contribution >= 4 is 28.4 Å². The Kier molecular flexibility index (Phi) is 5.49. The van der Waals surface area contributed by atoms with Gasteiger partial charge in [-0.25, -0.2) is 9.37 Å². The first-order valence-electron chi connectivity index (χ1n) is 8.21. The highest BCUT2D eigenvalue weighted by Gasteiger charge is 2.18. The van der Waals surface area contributed by atoms with Crippen molar-refractivity contribution in [2.24, 2.45) is 0 Å². The predicted molar refractivity (Wildman–Crippen MR) is 102 cm³/mol. The van der Waals surface area contributed by atoms with Crippen molar-refractivity contribution in [3.63, 3.8) is 0 Å². The van der Waals surface area contributed by atoms with Crippen LogP contribution in [-0.4, -0.2) is 36.4 Å². The summed E-state index contributed by atoms with van der Waals surface area (Å²) in [5.41, 5.74) is 1.93. The Morgan fingerprint density at radius 2 is 1.96 bits per heavy atom. The molecular formula is C20H19ClFN3O. The largest absolute Gasteiger partial charge is 0.350 e. The zero-order valence-electron chi connectivity index (χ0n) is 14.5. The number of hydrogen-bond donors (Lipinski definition) is 1. The van der Waals surface area contributed by atoms with E-state index in [2.05, 4.69) is 10.3 Å². The Morgan fingerprint density at radius 3 is 2.69 bits per heavy atom. The normalized spacial score (nSPS) is 12.3. The van der Waals surface area contributed by atoms with Gasteiger partial charge in [0.25, 0.3) is 5.91 Å². The van der Waals surface area contributed by atoms with Gasteiger partial charge in [-0.2, -0.15) is 0 Å². The van der Waals surface area contributed by atoms with Gasteiger partial charge >= 0.3 is 0 Å². The average molecular weight is 372 g/mol. The van der Waals surface area contributed by atoms with Crippen molar-refractivity contribution in [2.75, 3.05) is 20.6 Å². The molecule has 0 fully saturated rings. The van der Waals surface area contributed by atoms with E-state index >= 15 is 0 Å². The minimum absolute atomic E-state index is 0.154. The smallest absolute Gasteiger partial charge is 0.252 e.